The van der Waals surface area contributed by atoms with E-state index in [1.165, 1.54) is 19.3 Å². The predicted octanol–water partition coefficient (Wildman–Crippen LogP) is 3.68. The molecule has 5 nitrogen and oxygen atoms in total. The molecule has 122 valence electrons. The molecule has 0 aliphatic rings. The van der Waals surface area contributed by atoms with Gasteiger partial charge in [-0.2, -0.15) is 4.37 Å². The fourth-order valence-electron chi connectivity index (χ4n) is 2.23. The van der Waals surface area contributed by atoms with Crippen LogP contribution in [0.3, 0.4) is 0 Å². The van der Waals surface area contributed by atoms with Gasteiger partial charge in [0, 0.05) is 6.04 Å². The first kappa shape index (κ1) is 18.2. The lowest BCUT2D eigenvalue weighted by Gasteiger charge is -2.14. The van der Waals surface area contributed by atoms with Gasteiger partial charge in [0.05, 0.1) is 5.75 Å². The van der Waals surface area contributed by atoms with Crippen LogP contribution in [0, 0.1) is 0 Å². The zero-order chi connectivity index (χ0) is 15.9. The van der Waals surface area contributed by atoms with E-state index in [0.29, 0.717) is 11.4 Å². The van der Waals surface area contributed by atoms with Crippen molar-refractivity contribution in [2.75, 3.05) is 16.8 Å². The summed E-state index contributed by atoms with van der Waals surface area (Å²) >= 11 is 1.14. The second kappa shape index (κ2) is 8.58. The van der Waals surface area contributed by atoms with Crippen LogP contribution in [0.1, 0.15) is 59.3 Å². The number of hydrogen-bond donors (Lipinski definition) is 2. The number of anilines is 2. The van der Waals surface area contributed by atoms with E-state index in [0.717, 1.165) is 24.4 Å². The molecule has 0 bridgehead atoms. The molecule has 1 unspecified atom stereocenters. The van der Waals surface area contributed by atoms with Crippen LogP contribution in [-0.4, -0.2) is 24.6 Å². The lowest BCUT2D eigenvalue weighted by Crippen LogP contribution is -2.17. The first-order chi connectivity index (χ1) is 9.92. The average molecular weight is 334 g/mol. The van der Waals surface area contributed by atoms with Crippen molar-refractivity contribution in [1.29, 1.82) is 0 Å². The van der Waals surface area contributed by atoms with E-state index in [2.05, 4.69) is 23.5 Å². The first-order valence-electron chi connectivity index (χ1n) is 7.66. The SMILES string of the molecule is CCCCCCC(C)Nc1snc(N)c1S(=O)(=O)CCC. The lowest BCUT2D eigenvalue weighted by atomic mass is 10.1. The zero-order valence-electron chi connectivity index (χ0n) is 13.2. The summed E-state index contributed by atoms with van der Waals surface area (Å²) < 4.78 is 28.5. The standard InChI is InChI=1S/C14H27N3O2S2/c1-4-6-7-8-9-11(3)16-14-12(13(15)17-20-14)21(18,19)10-5-2/h11,16H,4-10H2,1-3H3,(H2,15,17). The molecule has 0 fully saturated rings. The maximum Gasteiger partial charge on any atom is 0.185 e. The zero-order valence-corrected chi connectivity index (χ0v) is 14.8. The van der Waals surface area contributed by atoms with Gasteiger partial charge < -0.3 is 11.1 Å². The topological polar surface area (TPSA) is 85.1 Å². The number of hydrogen-bond acceptors (Lipinski definition) is 6. The smallest absolute Gasteiger partial charge is 0.185 e. The monoisotopic (exact) mass is 333 g/mol. The van der Waals surface area contributed by atoms with Crippen molar-refractivity contribution in [3.8, 4) is 0 Å². The molecule has 1 aromatic rings. The normalized spacial score (nSPS) is 13.3. The molecule has 0 radical (unpaired) electrons. The quantitative estimate of drug-likeness (QED) is 0.638. The number of nitrogens with zero attached hydrogens (tertiary/aromatic N) is 1. The maximum atomic E-state index is 12.3. The molecule has 0 spiro atoms. The van der Waals surface area contributed by atoms with Gasteiger partial charge in [-0.1, -0.05) is 39.5 Å². The Bertz CT molecular complexity index is 526. The van der Waals surface area contributed by atoms with Crippen LogP contribution in [0.4, 0.5) is 10.8 Å². The van der Waals surface area contributed by atoms with Crippen molar-refractivity contribution in [3.63, 3.8) is 0 Å². The van der Waals surface area contributed by atoms with E-state index >= 15 is 0 Å². The molecule has 21 heavy (non-hydrogen) atoms. The minimum Gasteiger partial charge on any atom is -0.382 e. The number of aromatic nitrogens is 1. The highest BCUT2D eigenvalue weighted by Gasteiger charge is 2.25. The molecule has 1 atom stereocenters. The molecule has 1 heterocycles. The van der Waals surface area contributed by atoms with Crippen LogP contribution in [0.25, 0.3) is 0 Å². The second-order valence-corrected chi connectivity index (χ2v) is 8.26. The van der Waals surface area contributed by atoms with E-state index in [4.69, 9.17) is 5.73 Å². The van der Waals surface area contributed by atoms with Gasteiger partial charge in [-0.3, -0.25) is 0 Å². The van der Waals surface area contributed by atoms with Gasteiger partial charge in [0.2, 0.25) is 0 Å². The van der Waals surface area contributed by atoms with Gasteiger partial charge in [-0.05, 0) is 31.3 Å². The van der Waals surface area contributed by atoms with Crippen molar-refractivity contribution in [1.82, 2.24) is 4.37 Å². The molecule has 3 N–H and O–H groups in total. The summed E-state index contributed by atoms with van der Waals surface area (Å²) in [7, 11) is -3.34. The Morgan fingerprint density at radius 2 is 1.95 bits per heavy atom. The molecule has 0 aliphatic heterocycles. The van der Waals surface area contributed by atoms with Crippen LogP contribution >= 0.6 is 11.5 Å². The number of nitrogens with two attached hydrogens (primary N) is 1. The largest absolute Gasteiger partial charge is 0.382 e. The molecule has 0 aliphatic carbocycles. The second-order valence-electron chi connectivity index (χ2n) is 5.44. The van der Waals surface area contributed by atoms with Crippen LogP contribution in [0.2, 0.25) is 0 Å². The first-order valence-corrected chi connectivity index (χ1v) is 10.1. The molecular weight excluding hydrogens is 306 g/mol. The Morgan fingerprint density at radius 3 is 2.57 bits per heavy atom. The summed E-state index contributed by atoms with van der Waals surface area (Å²) in [6.45, 7) is 6.10. The molecule has 0 aromatic carbocycles. The van der Waals surface area contributed by atoms with E-state index < -0.39 is 9.84 Å². The Morgan fingerprint density at radius 1 is 1.24 bits per heavy atom. The van der Waals surface area contributed by atoms with Crippen LogP contribution < -0.4 is 11.1 Å². The number of nitrogens with one attached hydrogen (secondary N) is 1. The molecule has 1 aromatic heterocycles. The Balaban J connectivity index is 2.72. The summed E-state index contributed by atoms with van der Waals surface area (Å²) in [5.74, 6) is 0.226. The van der Waals surface area contributed by atoms with Crippen molar-refractivity contribution < 1.29 is 8.42 Å². The summed E-state index contributed by atoms with van der Waals surface area (Å²) in [5, 5.41) is 3.86. The van der Waals surface area contributed by atoms with Gasteiger partial charge in [0.15, 0.2) is 15.7 Å². The van der Waals surface area contributed by atoms with Crippen molar-refractivity contribution in [2.24, 2.45) is 0 Å². The van der Waals surface area contributed by atoms with Crippen LogP contribution in [-0.2, 0) is 9.84 Å². The average Bonchev–Trinajstić information content (AvgIpc) is 2.76. The van der Waals surface area contributed by atoms with E-state index in [9.17, 15) is 8.42 Å². The van der Waals surface area contributed by atoms with E-state index in [1.807, 2.05) is 6.92 Å². The number of sulfone groups is 1. The number of rotatable bonds is 10. The van der Waals surface area contributed by atoms with Crippen molar-refractivity contribution >= 4 is 32.2 Å². The highest BCUT2D eigenvalue weighted by atomic mass is 32.2. The summed E-state index contributed by atoms with van der Waals surface area (Å²) in [4.78, 5) is 0.190. The summed E-state index contributed by atoms with van der Waals surface area (Å²) in [6, 6.07) is 0.220. The third kappa shape index (κ3) is 5.47. The van der Waals surface area contributed by atoms with Crippen LogP contribution in [0.15, 0.2) is 4.90 Å². The third-order valence-corrected chi connectivity index (χ3v) is 6.23. The maximum absolute atomic E-state index is 12.3. The van der Waals surface area contributed by atoms with Gasteiger partial charge in [0.25, 0.3) is 0 Å². The molecule has 0 amide bonds. The lowest BCUT2D eigenvalue weighted by molar-refractivity contribution is 0.590. The van der Waals surface area contributed by atoms with Gasteiger partial charge in [0.1, 0.15) is 9.90 Å². The molecule has 7 heteroatoms. The third-order valence-electron chi connectivity index (χ3n) is 3.33. The van der Waals surface area contributed by atoms with E-state index in [-0.39, 0.29) is 22.5 Å². The molecule has 0 saturated carbocycles. The van der Waals surface area contributed by atoms with Gasteiger partial charge >= 0.3 is 0 Å². The van der Waals surface area contributed by atoms with Gasteiger partial charge in [-0.25, -0.2) is 8.42 Å². The summed E-state index contributed by atoms with van der Waals surface area (Å²) in [6.07, 6.45) is 6.42. The number of unbranched alkanes of at least 4 members (excludes halogenated alkanes) is 3. The fourth-order valence-corrected chi connectivity index (χ4v) is 4.95. The molecule has 1 rings (SSSR count). The minimum absolute atomic E-state index is 0.106. The Hall–Kier alpha value is -0.820. The van der Waals surface area contributed by atoms with E-state index in [1.54, 1.807) is 0 Å². The fraction of sp³-hybridized carbons (Fsp3) is 0.786. The Labute approximate surface area is 132 Å². The predicted molar refractivity (Wildman–Crippen MR) is 90.7 cm³/mol. The van der Waals surface area contributed by atoms with Gasteiger partial charge in [-0.15, -0.1) is 0 Å². The number of nitrogen functional groups attached to an aromatic ring is 1. The van der Waals surface area contributed by atoms with Crippen LogP contribution in [0.5, 0.6) is 0 Å². The minimum atomic E-state index is -3.34. The van der Waals surface area contributed by atoms with Crippen molar-refractivity contribution in [2.45, 2.75) is 70.2 Å². The molecule has 0 saturated heterocycles. The highest BCUT2D eigenvalue weighted by molar-refractivity contribution is 7.91. The highest BCUT2D eigenvalue weighted by Crippen LogP contribution is 2.33. The Kier molecular flexibility index (Phi) is 7.45. The van der Waals surface area contributed by atoms with Crippen molar-refractivity contribution in [3.05, 3.63) is 0 Å². The summed E-state index contributed by atoms with van der Waals surface area (Å²) in [5.41, 5.74) is 5.75. The molecular formula is C14H27N3O2S2.